The van der Waals surface area contributed by atoms with Crippen molar-refractivity contribution in [3.8, 4) is 0 Å². The second kappa shape index (κ2) is 8.05. The minimum atomic E-state index is -0.620. The summed E-state index contributed by atoms with van der Waals surface area (Å²) in [5.41, 5.74) is 0.603. The average molecular weight is 389 g/mol. The van der Waals surface area contributed by atoms with E-state index >= 15 is 0 Å². The molecule has 0 aromatic heterocycles. The third-order valence-electron chi connectivity index (χ3n) is 4.27. The summed E-state index contributed by atoms with van der Waals surface area (Å²) in [5.74, 6) is -0.321. The molecule has 3 amide bonds. The normalized spacial score (nSPS) is 14.0. The van der Waals surface area contributed by atoms with Gasteiger partial charge < -0.3 is 15.1 Å². The molecule has 27 heavy (non-hydrogen) atoms. The highest BCUT2D eigenvalue weighted by molar-refractivity contribution is 6.32. The van der Waals surface area contributed by atoms with Gasteiger partial charge in [-0.05, 0) is 24.3 Å². The standard InChI is InChI=1S/C18H17ClN4O4/c19-15-7-6-13(12-16(15)23(26)27)17(24)21-8-10-22(11-9-21)18(25)20-14-4-2-1-3-5-14/h1-7,12H,8-11H2,(H,20,25). The lowest BCUT2D eigenvalue weighted by Crippen LogP contribution is -2.51. The third kappa shape index (κ3) is 4.35. The van der Waals surface area contributed by atoms with Crippen LogP contribution in [0.3, 0.4) is 0 Å². The van der Waals surface area contributed by atoms with Gasteiger partial charge in [0.1, 0.15) is 5.02 Å². The number of anilines is 1. The molecule has 1 fully saturated rings. The van der Waals surface area contributed by atoms with Crippen molar-refractivity contribution in [3.63, 3.8) is 0 Å². The first-order chi connectivity index (χ1) is 13.0. The Kier molecular flexibility index (Phi) is 5.56. The van der Waals surface area contributed by atoms with Gasteiger partial charge in [-0.15, -0.1) is 0 Å². The number of amides is 3. The first kappa shape index (κ1) is 18.7. The van der Waals surface area contributed by atoms with Crippen molar-refractivity contribution in [1.29, 1.82) is 0 Å². The lowest BCUT2D eigenvalue weighted by Gasteiger charge is -2.34. The summed E-state index contributed by atoms with van der Waals surface area (Å²) in [6.07, 6.45) is 0. The van der Waals surface area contributed by atoms with E-state index in [0.717, 1.165) is 0 Å². The molecule has 8 nitrogen and oxygen atoms in total. The van der Waals surface area contributed by atoms with E-state index in [1.807, 2.05) is 18.2 Å². The molecule has 0 saturated carbocycles. The summed E-state index contributed by atoms with van der Waals surface area (Å²) in [4.78, 5) is 38.4. The Morgan fingerprint density at radius 2 is 1.63 bits per heavy atom. The molecular formula is C18H17ClN4O4. The fourth-order valence-electron chi connectivity index (χ4n) is 2.80. The zero-order chi connectivity index (χ0) is 19.4. The molecule has 1 N–H and O–H groups in total. The Hall–Kier alpha value is -3.13. The number of para-hydroxylation sites is 1. The van der Waals surface area contributed by atoms with Crippen LogP contribution in [0.2, 0.25) is 5.02 Å². The van der Waals surface area contributed by atoms with E-state index in [-0.39, 0.29) is 28.2 Å². The van der Waals surface area contributed by atoms with Gasteiger partial charge >= 0.3 is 6.03 Å². The van der Waals surface area contributed by atoms with E-state index in [4.69, 9.17) is 11.6 Å². The topological polar surface area (TPSA) is 95.8 Å². The van der Waals surface area contributed by atoms with Crippen LogP contribution < -0.4 is 5.32 Å². The Morgan fingerprint density at radius 1 is 1.00 bits per heavy atom. The summed E-state index contributed by atoms with van der Waals surface area (Å²) >= 11 is 5.78. The van der Waals surface area contributed by atoms with Gasteiger partial charge in [0.25, 0.3) is 11.6 Å². The van der Waals surface area contributed by atoms with Gasteiger partial charge in [-0.1, -0.05) is 29.8 Å². The number of carbonyl (C=O) groups excluding carboxylic acids is 2. The minimum absolute atomic E-state index is 0.0149. The summed E-state index contributed by atoms with van der Waals surface area (Å²) in [5, 5.41) is 13.8. The molecule has 2 aromatic carbocycles. The number of urea groups is 1. The van der Waals surface area contributed by atoms with E-state index in [2.05, 4.69) is 5.32 Å². The van der Waals surface area contributed by atoms with Crippen molar-refractivity contribution in [2.45, 2.75) is 0 Å². The number of rotatable bonds is 3. The molecule has 9 heteroatoms. The van der Waals surface area contributed by atoms with Crippen LogP contribution in [-0.4, -0.2) is 52.8 Å². The SMILES string of the molecule is O=C(Nc1ccccc1)N1CCN(C(=O)c2ccc(Cl)c([N+](=O)[O-])c2)CC1. The summed E-state index contributed by atoms with van der Waals surface area (Å²) < 4.78 is 0. The van der Waals surface area contributed by atoms with Gasteiger partial charge in [0.15, 0.2) is 0 Å². The number of carbonyl (C=O) groups is 2. The highest BCUT2D eigenvalue weighted by atomic mass is 35.5. The van der Waals surface area contributed by atoms with E-state index < -0.39 is 4.92 Å². The van der Waals surface area contributed by atoms with Gasteiger partial charge in [-0.3, -0.25) is 14.9 Å². The molecule has 0 aliphatic carbocycles. The van der Waals surface area contributed by atoms with Crippen molar-refractivity contribution >= 4 is 34.9 Å². The zero-order valence-electron chi connectivity index (χ0n) is 14.3. The van der Waals surface area contributed by atoms with E-state index in [1.165, 1.54) is 18.2 Å². The maximum Gasteiger partial charge on any atom is 0.321 e. The number of benzene rings is 2. The minimum Gasteiger partial charge on any atom is -0.335 e. The quantitative estimate of drug-likeness (QED) is 0.644. The molecule has 1 heterocycles. The number of hydrogen-bond acceptors (Lipinski definition) is 4. The molecule has 0 spiro atoms. The number of halogens is 1. The Bertz CT molecular complexity index is 867. The van der Waals surface area contributed by atoms with Crippen molar-refractivity contribution in [3.05, 3.63) is 69.2 Å². The molecule has 1 saturated heterocycles. The van der Waals surface area contributed by atoms with Crippen LogP contribution in [0.5, 0.6) is 0 Å². The van der Waals surface area contributed by atoms with Crippen LogP contribution in [0.4, 0.5) is 16.2 Å². The molecule has 0 unspecified atom stereocenters. The fraction of sp³-hybridized carbons (Fsp3) is 0.222. The van der Waals surface area contributed by atoms with Crippen LogP contribution in [0.25, 0.3) is 0 Å². The monoisotopic (exact) mass is 388 g/mol. The predicted octanol–water partition coefficient (Wildman–Crippen LogP) is 3.24. The van der Waals surface area contributed by atoms with Gasteiger partial charge in [0.2, 0.25) is 0 Å². The lowest BCUT2D eigenvalue weighted by molar-refractivity contribution is -0.384. The number of nitro benzene ring substituents is 1. The molecule has 2 aromatic rings. The van der Waals surface area contributed by atoms with Gasteiger partial charge in [-0.25, -0.2) is 4.79 Å². The maximum absolute atomic E-state index is 12.6. The third-order valence-corrected chi connectivity index (χ3v) is 4.59. The summed E-state index contributed by atoms with van der Waals surface area (Å²) in [6.45, 7) is 1.44. The lowest BCUT2D eigenvalue weighted by atomic mass is 10.1. The average Bonchev–Trinajstić information content (AvgIpc) is 2.68. The van der Waals surface area contributed by atoms with Crippen LogP contribution in [-0.2, 0) is 0 Å². The van der Waals surface area contributed by atoms with Crippen molar-refractivity contribution in [2.24, 2.45) is 0 Å². The number of hydrogen-bond donors (Lipinski definition) is 1. The number of nitrogens with one attached hydrogen (secondary N) is 1. The number of nitrogens with zero attached hydrogens (tertiary/aromatic N) is 3. The molecule has 3 rings (SSSR count). The molecule has 0 atom stereocenters. The van der Waals surface area contributed by atoms with Crippen molar-refractivity contribution in [1.82, 2.24) is 9.80 Å². The van der Waals surface area contributed by atoms with Crippen molar-refractivity contribution < 1.29 is 14.5 Å². The first-order valence-electron chi connectivity index (χ1n) is 8.30. The molecule has 0 bridgehead atoms. The fourth-order valence-corrected chi connectivity index (χ4v) is 2.99. The van der Waals surface area contributed by atoms with Crippen LogP contribution in [0.1, 0.15) is 10.4 Å². The van der Waals surface area contributed by atoms with E-state index in [9.17, 15) is 19.7 Å². The molecule has 0 radical (unpaired) electrons. The second-order valence-electron chi connectivity index (χ2n) is 6.00. The van der Waals surface area contributed by atoms with Gasteiger partial charge in [0.05, 0.1) is 4.92 Å². The van der Waals surface area contributed by atoms with Crippen LogP contribution in [0, 0.1) is 10.1 Å². The number of piperazine rings is 1. The summed E-state index contributed by atoms with van der Waals surface area (Å²) in [7, 11) is 0. The first-order valence-corrected chi connectivity index (χ1v) is 8.67. The molecule has 140 valence electrons. The van der Waals surface area contributed by atoms with Gasteiger partial charge in [0, 0.05) is 43.5 Å². The molecule has 1 aliphatic heterocycles. The van der Waals surface area contributed by atoms with Crippen molar-refractivity contribution in [2.75, 3.05) is 31.5 Å². The number of nitro groups is 1. The Labute approximate surface area is 160 Å². The summed E-state index contributed by atoms with van der Waals surface area (Å²) in [6, 6.07) is 12.9. The second-order valence-corrected chi connectivity index (χ2v) is 6.41. The van der Waals surface area contributed by atoms with Crippen LogP contribution in [0.15, 0.2) is 48.5 Å². The van der Waals surface area contributed by atoms with Gasteiger partial charge in [-0.2, -0.15) is 0 Å². The highest BCUT2D eigenvalue weighted by Crippen LogP contribution is 2.26. The largest absolute Gasteiger partial charge is 0.335 e. The Morgan fingerprint density at radius 3 is 2.26 bits per heavy atom. The van der Waals surface area contributed by atoms with E-state index in [1.54, 1.807) is 21.9 Å². The predicted molar refractivity (Wildman–Crippen MR) is 101 cm³/mol. The van der Waals surface area contributed by atoms with E-state index in [0.29, 0.717) is 31.9 Å². The molecule has 1 aliphatic rings. The molecular weight excluding hydrogens is 372 g/mol. The highest BCUT2D eigenvalue weighted by Gasteiger charge is 2.26. The zero-order valence-corrected chi connectivity index (χ0v) is 15.1. The Balaban J connectivity index is 1.60. The smallest absolute Gasteiger partial charge is 0.321 e. The maximum atomic E-state index is 12.6. The van der Waals surface area contributed by atoms with Crippen LogP contribution >= 0.6 is 11.6 Å².